The quantitative estimate of drug-likeness (QED) is 0.406. The molecule has 0 bridgehead atoms. The van der Waals surface area contributed by atoms with Crippen molar-refractivity contribution in [2.45, 2.75) is 39.9 Å². The van der Waals surface area contributed by atoms with Gasteiger partial charge in [-0.05, 0) is 31.6 Å². The molecule has 1 aromatic carbocycles. The molecule has 0 saturated heterocycles. The van der Waals surface area contributed by atoms with Crippen LogP contribution < -0.4 is 11.2 Å². The van der Waals surface area contributed by atoms with Crippen molar-refractivity contribution in [1.29, 1.82) is 0 Å². The third-order valence-corrected chi connectivity index (χ3v) is 4.77. The van der Waals surface area contributed by atoms with Crippen molar-refractivity contribution in [2.24, 2.45) is 0 Å². The zero-order chi connectivity index (χ0) is 22.5. The molecule has 0 fully saturated rings. The van der Waals surface area contributed by atoms with Crippen LogP contribution in [0.2, 0.25) is 0 Å². The molecular formula is C21H22FN5O4. The largest absolute Gasteiger partial charge is 0.357 e. The lowest BCUT2D eigenvalue weighted by molar-refractivity contribution is -0.387. The second-order valence-electron chi connectivity index (χ2n) is 6.87. The summed E-state index contributed by atoms with van der Waals surface area (Å²) in [4.78, 5) is 36.1. The molecule has 2 aromatic heterocycles. The molecule has 0 spiro atoms. The van der Waals surface area contributed by atoms with Crippen LogP contribution in [0.25, 0.3) is 12.2 Å². The van der Waals surface area contributed by atoms with Crippen LogP contribution in [0.4, 0.5) is 10.1 Å². The van der Waals surface area contributed by atoms with Gasteiger partial charge in [-0.1, -0.05) is 25.1 Å². The highest BCUT2D eigenvalue weighted by molar-refractivity contribution is 5.71. The minimum absolute atomic E-state index is 0.0725. The molecular weight excluding hydrogens is 405 g/mol. The van der Waals surface area contributed by atoms with E-state index in [1.165, 1.54) is 33.7 Å². The monoisotopic (exact) mass is 427 g/mol. The van der Waals surface area contributed by atoms with Crippen LogP contribution in [0.15, 0.2) is 46.2 Å². The smallest absolute Gasteiger partial charge is 0.288 e. The molecule has 10 heteroatoms. The van der Waals surface area contributed by atoms with Gasteiger partial charge in [-0.3, -0.25) is 28.7 Å². The van der Waals surface area contributed by atoms with E-state index >= 15 is 0 Å². The first-order chi connectivity index (χ1) is 14.9. The van der Waals surface area contributed by atoms with E-state index in [1.807, 2.05) is 0 Å². The van der Waals surface area contributed by atoms with Crippen LogP contribution in [0, 0.1) is 15.9 Å². The van der Waals surface area contributed by atoms with Gasteiger partial charge in [0.2, 0.25) is 0 Å². The van der Waals surface area contributed by atoms with Gasteiger partial charge in [0.05, 0.1) is 17.7 Å². The average Bonchev–Trinajstić information content (AvgIpc) is 3.18. The predicted octanol–water partition coefficient (Wildman–Crippen LogP) is 2.90. The molecule has 31 heavy (non-hydrogen) atoms. The summed E-state index contributed by atoms with van der Waals surface area (Å²) in [7, 11) is 0. The summed E-state index contributed by atoms with van der Waals surface area (Å²) < 4.78 is 17.5. The Labute approximate surface area is 176 Å². The van der Waals surface area contributed by atoms with Gasteiger partial charge in [-0.2, -0.15) is 5.10 Å². The van der Waals surface area contributed by atoms with Gasteiger partial charge < -0.3 is 0 Å². The second-order valence-corrected chi connectivity index (χ2v) is 6.87. The molecule has 3 rings (SSSR count). The molecule has 9 nitrogen and oxygen atoms in total. The minimum Gasteiger partial charge on any atom is -0.288 e. The Morgan fingerprint density at radius 3 is 2.55 bits per heavy atom. The predicted molar refractivity (Wildman–Crippen MR) is 114 cm³/mol. The van der Waals surface area contributed by atoms with Gasteiger partial charge in [0.1, 0.15) is 11.5 Å². The van der Waals surface area contributed by atoms with E-state index in [1.54, 1.807) is 38.2 Å². The summed E-state index contributed by atoms with van der Waals surface area (Å²) in [5, 5.41) is 15.8. The highest BCUT2D eigenvalue weighted by atomic mass is 19.1. The maximum Gasteiger partial charge on any atom is 0.357 e. The van der Waals surface area contributed by atoms with E-state index in [0.717, 1.165) is 4.57 Å². The van der Waals surface area contributed by atoms with Gasteiger partial charge >= 0.3 is 16.9 Å². The lowest BCUT2D eigenvalue weighted by atomic mass is 10.2. The van der Waals surface area contributed by atoms with Crippen LogP contribution in [0.3, 0.4) is 0 Å². The fraction of sp³-hybridized carbons (Fsp3) is 0.286. The molecule has 0 radical (unpaired) electrons. The zero-order valence-electron chi connectivity index (χ0n) is 17.2. The summed E-state index contributed by atoms with van der Waals surface area (Å²) in [5.41, 5.74) is -1.18. The van der Waals surface area contributed by atoms with Crippen molar-refractivity contribution in [3.8, 4) is 0 Å². The van der Waals surface area contributed by atoms with E-state index in [4.69, 9.17) is 0 Å². The molecule has 162 valence electrons. The van der Waals surface area contributed by atoms with E-state index in [0.29, 0.717) is 17.5 Å². The number of benzene rings is 1. The fourth-order valence-electron chi connectivity index (χ4n) is 3.30. The maximum absolute atomic E-state index is 13.8. The SMILES string of the molecule is CCCn1c(=O)c([N+](=O)[O-])c(/C=C/c2cnn(Cc3ccccc3F)c2)n(CC)c1=O. The number of hydrogen-bond donors (Lipinski definition) is 0. The average molecular weight is 427 g/mol. The molecule has 0 aliphatic rings. The normalized spacial score (nSPS) is 11.3. The number of rotatable bonds is 8. The number of aromatic nitrogens is 4. The van der Waals surface area contributed by atoms with Crippen LogP contribution in [0.5, 0.6) is 0 Å². The summed E-state index contributed by atoms with van der Waals surface area (Å²) >= 11 is 0. The Balaban J connectivity index is 2.00. The molecule has 0 amide bonds. The topological polar surface area (TPSA) is 105 Å². The first-order valence-electron chi connectivity index (χ1n) is 9.83. The first kappa shape index (κ1) is 21.9. The van der Waals surface area contributed by atoms with Crippen LogP contribution in [-0.2, 0) is 19.6 Å². The number of hydrogen-bond acceptors (Lipinski definition) is 5. The minimum atomic E-state index is -0.920. The fourth-order valence-corrected chi connectivity index (χ4v) is 3.30. The molecule has 0 unspecified atom stereocenters. The maximum atomic E-state index is 13.8. The molecule has 2 heterocycles. The van der Waals surface area contributed by atoms with E-state index in [9.17, 15) is 24.1 Å². The van der Waals surface area contributed by atoms with Crippen LogP contribution in [0.1, 0.15) is 37.1 Å². The molecule has 3 aromatic rings. The number of nitro groups is 1. The molecule has 0 aliphatic carbocycles. The van der Waals surface area contributed by atoms with E-state index < -0.39 is 21.9 Å². The zero-order valence-corrected chi connectivity index (χ0v) is 17.2. The Morgan fingerprint density at radius 1 is 1.16 bits per heavy atom. The van der Waals surface area contributed by atoms with Crippen LogP contribution in [-0.4, -0.2) is 23.8 Å². The van der Waals surface area contributed by atoms with Gasteiger partial charge in [0.15, 0.2) is 0 Å². The summed E-state index contributed by atoms with van der Waals surface area (Å²) in [6.45, 7) is 3.94. The highest BCUT2D eigenvalue weighted by Gasteiger charge is 2.25. The van der Waals surface area contributed by atoms with Gasteiger partial charge in [-0.25, -0.2) is 9.18 Å². The third kappa shape index (κ3) is 4.52. The molecule has 0 saturated carbocycles. The summed E-state index contributed by atoms with van der Waals surface area (Å²) in [6, 6.07) is 6.35. The van der Waals surface area contributed by atoms with Crippen molar-refractivity contribution in [3.05, 3.63) is 90.2 Å². The first-order valence-corrected chi connectivity index (χ1v) is 9.83. The van der Waals surface area contributed by atoms with Gasteiger partial charge in [0, 0.05) is 30.4 Å². The number of nitrogens with zero attached hydrogens (tertiary/aromatic N) is 5. The Hall–Kier alpha value is -3.82. The third-order valence-electron chi connectivity index (χ3n) is 4.77. The van der Waals surface area contributed by atoms with E-state index in [2.05, 4.69) is 5.10 Å². The second kappa shape index (κ2) is 9.33. The molecule has 0 N–H and O–H groups in total. The standard InChI is InChI=1S/C21H22FN5O4/c1-3-11-26-20(28)19(27(30)31)18(25(4-2)21(26)29)10-9-15-12-23-24(13-15)14-16-7-5-6-8-17(16)22/h5-10,12-13H,3-4,11,14H2,1-2H3/b10-9+. The van der Waals surface area contributed by atoms with Gasteiger partial charge in [-0.15, -0.1) is 0 Å². The van der Waals surface area contributed by atoms with Gasteiger partial charge in [0.25, 0.3) is 0 Å². The summed E-state index contributed by atoms with van der Waals surface area (Å²) in [6.07, 6.45) is 6.54. The van der Waals surface area contributed by atoms with Crippen molar-refractivity contribution in [1.82, 2.24) is 18.9 Å². The molecule has 0 aliphatic heterocycles. The van der Waals surface area contributed by atoms with E-state index in [-0.39, 0.29) is 31.1 Å². The lowest BCUT2D eigenvalue weighted by Crippen LogP contribution is -2.41. The Bertz CT molecular complexity index is 1260. The highest BCUT2D eigenvalue weighted by Crippen LogP contribution is 2.16. The van der Waals surface area contributed by atoms with Crippen molar-refractivity contribution < 1.29 is 9.31 Å². The molecule has 0 atom stereocenters. The Morgan fingerprint density at radius 2 is 1.90 bits per heavy atom. The van der Waals surface area contributed by atoms with Crippen LogP contribution >= 0.6 is 0 Å². The lowest BCUT2D eigenvalue weighted by Gasteiger charge is -2.11. The van der Waals surface area contributed by atoms with Crippen molar-refractivity contribution >= 4 is 17.8 Å². The summed E-state index contributed by atoms with van der Waals surface area (Å²) in [5.74, 6) is -0.342. The number of halogens is 1. The van der Waals surface area contributed by atoms with Crippen molar-refractivity contribution in [3.63, 3.8) is 0 Å². The van der Waals surface area contributed by atoms with Crippen molar-refractivity contribution in [2.75, 3.05) is 0 Å². The Kier molecular flexibility index (Phi) is 6.58.